The highest BCUT2D eigenvalue weighted by Gasteiger charge is 2.12. The number of hydrogen-bond donors (Lipinski definition) is 2. The molecule has 0 aliphatic rings. The van der Waals surface area contributed by atoms with Gasteiger partial charge in [0.25, 0.3) is 0 Å². The van der Waals surface area contributed by atoms with E-state index in [9.17, 15) is 4.79 Å². The van der Waals surface area contributed by atoms with E-state index in [0.717, 1.165) is 11.5 Å². The van der Waals surface area contributed by atoms with Gasteiger partial charge in [0, 0.05) is 11.5 Å². The summed E-state index contributed by atoms with van der Waals surface area (Å²) < 4.78 is 3.49. The van der Waals surface area contributed by atoms with Crippen molar-refractivity contribution in [3.8, 4) is 0 Å². The SMILES string of the molecule is C=CCC(N)C(=O)Nc1nnns1. The molecular formula is C6H9N5OS. The maximum Gasteiger partial charge on any atom is 0.243 e. The second-order valence-electron chi connectivity index (χ2n) is 2.29. The van der Waals surface area contributed by atoms with Crippen LogP contribution in [0.15, 0.2) is 12.7 Å². The van der Waals surface area contributed by atoms with Crippen LogP contribution in [0.1, 0.15) is 6.42 Å². The Bertz CT molecular complexity index is 285. The standard InChI is InChI=1S/C6H9N5OS/c1-2-3-4(7)5(12)8-6-9-10-11-13-6/h2,4H,1,3,7H2,(H,8,9,11,12). The number of aromatic nitrogens is 3. The molecule has 1 rings (SSSR count). The van der Waals surface area contributed by atoms with Crippen molar-refractivity contribution >= 4 is 22.6 Å². The van der Waals surface area contributed by atoms with Crippen molar-refractivity contribution in [3.63, 3.8) is 0 Å². The predicted molar refractivity (Wildman–Crippen MR) is 49.1 cm³/mol. The van der Waals surface area contributed by atoms with Gasteiger partial charge < -0.3 is 5.73 Å². The van der Waals surface area contributed by atoms with Gasteiger partial charge in [-0.2, -0.15) is 0 Å². The lowest BCUT2D eigenvalue weighted by atomic mass is 10.2. The molecule has 0 spiro atoms. The van der Waals surface area contributed by atoms with Crippen molar-refractivity contribution in [2.45, 2.75) is 12.5 Å². The number of nitrogens with zero attached hydrogens (tertiary/aromatic N) is 3. The molecule has 13 heavy (non-hydrogen) atoms. The molecule has 1 aromatic heterocycles. The van der Waals surface area contributed by atoms with Gasteiger partial charge in [-0.3, -0.25) is 10.1 Å². The zero-order chi connectivity index (χ0) is 9.68. The number of anilines is 1. The number of carbonyl (C=O) groups excluding carboxylic acids is 1. The third-order valence-corrected chi connectivity index (χ3v) is 1.80. The monoisotopic (exact) mass is 199 g/mol. The fourth-order valence-corrected chi connectivity index (χ4v) is 1.04. The second-order valence-corrected chi connectivity index (χ2v) is 3.02. The number of nitrogens with two attached hydrogens (primary N) is 1. The molecule has 0 saturated carbocycles. The predicted octanol–water partition coefficient (Wildman–Crippen LogP) is -0.225. The van der Waals surface area contributed by atoms with Gasteiger partial charge in [0.05, 0.1) is 6.04 Å². The summed E-state index contributed by atoms with van der Waals surface area (Å²) in [4.78, 5) is 11.2. The first-order valence-corrected chi connectivity index (χ1v) is 4.33. The first-order chi connectivity index (χ1) is 6.24. The van der Waals surface area contributed by atoms with E-state index in [4.69, 9.17) is 5.73 Å². The zero-order valence-corrected chi connectivity index (χ0v) is 7.62. The topological polar surface area (TPSA) is 93.8 Å². The van der Waals surface area contributed by atoms with E-state index in [1.165, 1.54) is 0 Å². The Kier molecular flexibility index (Phi) is 3.47. The molecule has 1 unspecified atom stereocenters. The van der Waals surface area contributed by atoms with Gasteiger partial charge in [-0.25, -0.2) is 0 Å². The maximum absolute atomic E-state index is 11.2. The van der Waals surface area contributed by atoms with Gasteiger partial charge in [-0.1, -0.05) is 15.7 Å². The summed E-state index contributed by atoms with van der Waals surface area (Å²) in [5, 5.41) is 9.69. The van der Waals surface area contributed by atoms with E-state index in [2.05, 4.69) is 26.7 Å². The lowest BCUT2D eigenvalue weighted by Gasteiger charge is -2.06. The third kappa shape index (κ3) is 2.88. The molecule has 7 heteroatoms. The first kappa shape index (κ1) is 9.75. The molecule has 1 aromatic rings. The summed E-state index contributed by atoms with van der Waals surface area (Å²) in [5.41, 5.74) is 5.50. The van der Waals surface area contributed by atoms with Gasteiger partial charge in [0.1, 0.15) is 0 Å². The highest BCUT2D eigenvalue weighted by atomic mass is 32.1. The molecular weight excluding hydrogens is 190 g/mol. The average molecular weight is 199 g/mol. The highest BCUT2D eigenvalue weighted by molar-refractivity contribution is 7.09. The minimum atomic E-state index is -0.596. The Morgan fingerprint density at radius 2 is 2.62 bits per heavy atom. The van der Waals surface area contributed by atoms with Crippen LogP contribution in [0.2, 0.25) is 0 Å². The van der Waals surface area contributed by atoms with Gasteiger partial charge in [0.2, 0.25) is 11.0 Å². The van der Waals surface area contributed by atoms with Gasteiger partial charge in [-0.15, -0.1) is 6.58 Å². The Morgan fingerprint density at radius 3 is 3.15 bits per heavy atom. The molecule has 1 amide bonds. The van der Waals surface area contributed by atoms with Crippen LogP contribution in [0.3, 0.4) is 0 Å². The second kappa shape index (κ2) is 4.63. The third-order valence-electron chi connectivity index (χ3n) is 1.29. The highest BCUT2D eigenvalue weighted by Crippen LogP contribution is 2.05. The van der Waals surface area contributed by atoms with Gasteiger partial charge in [0.15, 0.2) is 0 Å². The molecule has 1 heterocycles. The Balaban J connectivity index is 2.45. The minimum Gasteiger partial charge on any atom is -0.320 e. The van der Waals surface area contributed by atoms with Crippen molar-refractivity contribution in [3.05, 3.63) is 12.7 Å². The number of carbonyl (C=O) groups is 1. The molecule has 0 aliphatic heterocycles. The maximum atomic E-state index is 11.2. The van der Waals surface area contributed by atoms with Crippen LogP contribution in [0.4, 0.5) is 5.13 Å². The molecule has 1 atom stereocenters. The van der Waals surface area contributed by atoms with Crippen LogP contribution in [-0.2, 0) is 4.79 Å². The van der Waals surface area contributed by atoms with Crippen LogP contribution in [0.5, 0.6) is 0 Å². The summed E-state index contributed by atoms with van der Waals surface area (Å²) >= 11 is 1.00. The minimum absolute atomic E-state index is 0.307. The number of nitrogens with one attached hydrogen (secondary N) is 1. The fraction of sp³-hybridized carbons (Fsp3) is 0.333. The van der Waals surface area contributed by atoms with Crippen molar-refractivity contribution in [2.75, 3.05) is 5.32 Å². The van der Waals surface area contributed by atoms with Gasteiger partial charge in [-0.05, 0) is 11.6 Å². The van der Waals surface area contributed by atoms with Crippen molar-refractivity contribution in [2.24, 2.45) is 5.73 Å². The van der Waals surface area contributed by atoms with E-state index in [1.54, 1.807) is 6.08 Å². The summed E-state index contributed by atoms with van der Waals surface area (Å²) in [6.45, 7) is 3.48. The zero-order valence-electron chi connectivity index (χ0n) is 6.80. The van der Waals surface area contributed by atoms with E-state index in [0.29, 0.717) is 11.6 Å². The molecule has 70 valence electrons. The van der Waals surface area contributed by atoms with Crippen LogP contribution in [-0.4, -0.2) is 26.7 Å². The van der Waals surface area contributed by atoms with Crippen LogP contribution in [0.25, 0.3) is 0 Å². The van der Waals surface area contributed by atoms with Crippen molar-refractivity contribution in [1.29, 1.82) is 0 Å². The number of hydrogen-bond acceptors (Lipinski definition) is 6. The summed E-state index contributed by atoms with van der Waals surface area (Å²) in [6.07, 6.45) is 2.01. The summed E-state index contributed by atoms with van der Waals surface area (Å²) in [7, 11) is 0. The van der Waals surface area contributed by atoms with E-state index < -0.39 is 6.04 Å². The van der Waals surface area contributed by atoms with Crippen LogP contribution >= 0.6 is 11.5 Å². The fourth-order valence-electron chi connectivity index (χ4n) is 0.667. The Hall–Kier alpha value is -1.34. The Morgan fingerprint density at radius 1 is 1.85 bits per heavy atom. The lowest BCUT2D eigenvalue weighted by Crippen LogP contribution is -2.35. The normalized spacial score (nSPS) is 12.1. The molecule has 0 aromatic carbocycles. The first-order valence-electron chi connectivity index (χ1n) is 3.56. The molecule has 6 nitrogen and oxygen atoms in total. The van der Waals surface area contributed by atoms with Crippen LogP contribution < -0.4 is 11.1 Å². The van der Waals surface area contributed by atoms with Gasteiger partial charge >= 0.3 is 0 Å². The summed E-state index contributed by atoms with van der Waals surface area (Å²) in [6, 6.07) is -0.596. The lowest BCUT2D eigenvalue weighted by molar-refractivity contribution is -0.117. The van der Waals surface area contributed by atoms with Crippen molar-refractivity contribution in [1.82, 2.24) is 14.8 Å². The summed E-state index contributed by atoms with van der Waals surface area (Å²) in [5.74, 6) is -0.307. The number of amides is 1. The van der Waals surface area contributed by atoms with Crippen molar-refractivity contribution < 1.29 is 4.79 Å². The van der Waals surface area contributed by atoms with Crippen LogP contribution in [0, 0.1) is 0 Å². The smallest absolute Gasteiger partial charge is 0.243 e. The Labute approximate surface area is 79.0 Å². The molecule has 0 saturated heterocycles. The molecule has 3 N–H and O–H groups in total. The molecule has 0 bridgehead atoms. The van der Waals surface area contributed by atoms with E-state index in [1.807, 2.05) is 0 Å². The van der Waals surface area contributed by atoms with E-state index in [-0.39, 0.29) is 5.91 Å². The molecule has 0 aliphatic carbocycles. The largest absolute Gasteiger partial charge is 0.320 e. The molecule has 0 fully saturated rings. The molecule has 0 radical (unpaired) electrons. The number of rotatable bonds is 4. The quantitative estimate of drug-likeness (QED) is 0.653. The van der Waals surface area contributed by atoms with E-state index >= 15 is 0 Å². The average Bonchev–Trinajstić information content (AvgIpc) is 2.57.